The van der Waals surface area contributed by atoms with Crippen molar-refractivity contribution in [2.75, 3.05) is 11.4 Å². The van der Waals surface area contributed by atoms with E-state index in [1.165, 1.54) is 0 Å². The maximum absolute atomic E-state index is 10.2. The van der Waals surface area contributed by atoms with E-state index in [-0.39, 0.29) is 0 Å². The highest BCUT2D eigenvalue weighted by Crippen LogP contribution is 2.23. The molecule has 2 N–H and O–H groups in total. The van der Waals surface area contributed by atoms with Crippen LogP contribution in [0.1, 0.15) is 44.2 Å². The molecule has 0 aliphatic heterocycles. The zero-order chi connectivity index (χ0) is 16.1. The van der Waals surface area contributed by atoms with Gasteiger partial charge in [-0.25, -0.2) is 4.98 Å². The van der Waals surface area contributed by atoms with E-state index in [0.29, 0.717) is 12.5 Å². The molecule has 1 heterocycles. The highest BCUT2D eigenvalue weighted by atomic mass is 35.5. The Labute approximate surface area is 137 Å². The first-order valence-electron chi connectivity index (χ1n) is 7.69. The van der Waals surface area contributed by atoms with Gasteiger partial charge in [0.1, 0.15) is 0 Å². The lowest BCUT2D eigenvalue weighted by Gasteiger charge is -2.29. The summed E-state index contributed by atoms with van der Waals surface area (Å²) in [6.45, 7) is 7.16. The van der Waals surface area contributed by atoms with Crippen LogP contribution in [-0.2, 0) is 0 Å². The average Bonchev–Trinajstić information content (AvgIpc) is 2.90. The zero-order valence-corrected chi connectivity index (χ0v) is 14.1. The average molecular weight is 322 g/mol. The number of aliphatic hydroxyl groups is 1. The third-order valence-electron chi connectivity index (χ3n) is 3.84. The first-order chi connectivity index (χ1) is 10.5. The van der Waals surface area contributed by atoms with Crippen LogP contribution in [0.15, 0.2) is 30.6 Å². The minimum atomic E-state index is -0.509. The van der Waals surface area contributed by atoms with Crippen LogP contribution in [0.2, 0.25) is 5.02 Å². The van der Waals surface area contributed by atoms with Crippen LogP contribution >= 0.6 is 11.6 Å². The van der Waals surface area contributed by atoms with E-state index >= 15 is 0 Å². The molecule has 1 atom stereocenters. The molecule has 1 aromatic carbocycles. The minimum absolute atomic E-state index is 0.394. The van der Waals surface area contributed by atoms with Gasteiger partial charge in [0.2, 0.25) is 0 Å². The van der Waals surface area contributed by atoms with Crippen molar-refractivity contribution in [3.05, 3.63) is 47.0 Å². The van der Waals surface area contributed by atoms with E-state index in [4.69, 9.17) is 11.6 Å². The molecule has 2 aromatic rings. The third-order valence-corrected chi connectivity index (χ3v) is 4.09. The number of hydrogen-bond donors (Lipinski definition) is 2. The Hall–Kier alpha value is -1.52. The van der Waals surface area contributed by atoms with Crippen molar-refractivity contribution in [3.63, 3.8) is 0 Å². The van der Waals surface area contributed by atoms with Crippen molar-refractivity contribution in [1.29, 1.82) is 0 Å². The van der Waals surface area contributed by atoms with Gasteiger partial charge in [0, 0.05) is 29.0 Å². The largest absolute Gasteiger partial charge is 0.387 e. The molecule has 0 saturated carbocycles. The number of H-pyrrole nitrogens is 1. The number of nitrogens with one attached hydrogen (secondary N) is 1. The van der Waals surface area contributed by atoms with Crippen molar-refractivity contribution in [2.45, 2.75) is 45.8 Å². The molecule has 0 bridgehead atoms. The monoisotopic (exact) mass is 321 g/mol. The fraction of sp³-hybridized carbons (Fsp3) is 0.471. The molecule has 5 heteroatoms. The fourth-order valence-electron chi connectivity index (χ4n) is 2.62. The first-order valence-corrected chi connectivity index (χ1v) is 8.07. The first kappa shape index (κ1) is 16.8. The molecule has 0 aliphatic rings. The molecular weight excluding hydrogens is 298 g/mol. The van der Waals surface area contributed by atoms with Crippen molar-refractivity contribution in [2.24, 2.45) is 0 Å². The number of benzene rings is 1. The van der Waals surface area contributed by atoms with Gasteiger partial charge in [0.05, 0.1) is 18.1 Å². The molecule has 0 radical (unpaired) electrons. The van der Waals surface area contributed by atoms with Crippen LogP contribution in [0.5, 0.6) is 0 Å². The van der Waals surface area contributed by atoms with Gasteiger partial charge in [-0.15, -0.1) is 0 Å². The lowest BCUT2D eigenvalue weighted by molar-refractivity contribution is 0.160. The van der Waals surface area contributed by atoms with E-state index in [9.17, 15) is 5.11 Å². The Morgan fingerprint density at radius 2 is 1.95 bits per heavy atom. The van der Waals surface area contributed by atoms with E-state index in [0.717, 1.165) is 35.1 Å². The third kappa shape index (κ3) is 4.24. The van der Waals surface area contributed by atoms with Gasteiger partial charge in [-0.05, 0) is 57.9 Å². The van der Waals surface area contributed by atoms with Crippen LogP contribution < -0.4 is 4.90 Å². The molecule has 0 spiro atoms. The van der Waals surface area contributed by atoms with Crippen molar-refractivity contribution >= 4 is 17.3 Å². The fourth-order valence-corrected chi connectivity index (χ4v) is 2.74. The van der Waals surface area contributed by atoms with Gasteiger partial charge in [-0.3, -0.25) is 0 Å². The topological polar surface area (TPSA) is 52.1 Å². The van der Waals surface area contributed by atoms with E-state index in [2.05, 4.69) is 28.7 Å². The summed E-state index contributed by atoms with van der Waals surface area (Å²) < 4.78 is 0. The maximum atomic E-state index is 10.2. The minimum Gasteiger partial charge on any atom is -0.387 e. The Bertz CT molecular complexity index is 580. The number of aryl methyl sites for hydroxylation is 1. The number of aromatic nitrogens is 2. The second kappa shape index (κ2) is 7.65. The van der Waals surface area contributed by atoms with Gasteiger partial charge in [-0.1, -0.05) is 11.6 Å². The molecule has 120 valence electrons. The standard InChI is InChI=1S/C17H24ClN3O/c1-12(2)21(15-8-6-14(18)7-9-15)10-4-5-16(22)17-13(3)19-11-20-17/h6-9,11-12,16,22H,4-5,10H2,1-3H3,(H,19,20). The summed E-state index contributed by atoms with van der Waals surface area (Å²) >= 11 is 5.95. The summed E-state index contributed by atoms with van der Waals surface area (Å²) in [5.41, 5.74) is 2.85. The molecule has 0 saturated heterocycles. The predicted octanol–water partition coefficient (Wildman–Crippen LogP) is 4.10. The van der Waals surface area contributed by atoms with Crippen LogP contribution in [0.3, 0.4) is 0 Å². The Kier molecular flexibility index (Phi) is 5.86. The summed E-state index contributed by atoms with van der Waals surface area (Å²) in [5.74, 6) is 0. The predicted molar refractivity (Wildman–Crippen MR) is 91.5 cm³/mol. The number of aliphatic hydroxyl groups excluding tert-OH is 1. The van der Waals surface area contributed by atoms with Crippen molar-refractivity contribution in [1.82, 2.24) is 9.97 Å². The normalized spacial score (nSPS) is 12.6. The summed E-state index contributed by atoms with van der Waals surface area (Å²) in [5, 5.41) is 11.0. The molecule has 0 aliphatic carbocycles. The van der Waals surface area contributed by atoms with Gasteiger partial charge >= 0.3 is 0 Å². The van der Waals surface area contributed by atoms with Crippen LogP contribution in [0.25, 0.3) is 0 Å². The van der Waals surface area contributed by atoms with Gasteiger partial charge < -0.3 is 15.0 Å². The van der Waals surface area contributed by atoms with Crippen LogP contribution in [-0.4, -0.2) is 27.7 Å². The number of aromatic amines is 1. The van der Waals surface area contributed by atoms with E-state index < -0.39 is 6.10 Å². The quantitative estimate of drug-likeness (QED) is 0.807. The molecule has 2 rings (SSSR count). The van der Waals surface area contributed by atoms with Gasteiger partial charge in [-0.2, -0.15) is 0 Å². The smallest absolute Gasteiger partial charge is 0.0978 e. The number of imidazole rings is 1. The van der Waals surface area contributed by atoms with Crippen molar-refractivity contribution < 1.29 is 5.11 Å². The van der Waals surface area contributed by atoms with E-state index in [1.54, 1.807) is 6.33 Å². The number of nitrogens with zero attached hydrogens (tertiary/aromatic N) is 2. The highest BCUT2D eigenvalue weighted by Gasteiger charge is 2.15. The lowest BCUT2D eigenvalue weighted by atomic mass is 10.1. The molecular formula is C17H24ClN3O. The summed E-state index contributed by atoms with van der Waals surface area (Å²) in [6.07, 6.45) is 2.71. The second-order valence-electron chi connectivity index (χ2n) is 5.83. The SMILES string of the molecule is Cc1[nH]cnc1C(O)CCCN(c1ccc(Cl)cc1)C(C)C. The lowest BCUT2D eigenvalue weighted by Crippen LogP contribution is -2.31. The molecule has 1 unspecified atom stereocenters. The summed E-state index contributed by atoms with van der Waals surface area (Å²) in [6, 6.07) is 8.29. The molecule has 4 nitrogen and oxygen atoms in total. The highest BCUT2D eigenvalue weighted by molar-refractivity contribution is 6.30. The second-order valence-corrected chi connectivity index (χ2v) is 6.27. The number of halogens is 1. The summed E-state index contributed by atoms with van der Waals surface area (Å²) in [4.78, 5) is 9.51. The molecule has 1 aromatic heterocycles. The number of hydrogen-bond acceptors (Lipinski definition) is 3. The van der Waals surface area contributed by atoms with Gasteiger partial charge in [0.25, 0.3) is 0 Å². The van der Waals surface area contributed by atoms with Crippen molar-refractivity contribution in [3.8, 4) is 0 Å². The zero-order valence-electron chi connectivity index (χ0n) is 13.4. The van der Waals surface area contributed by atoms with E-state index in [1.807, 2.05) is 31.2 Å². The molecule has 22 heavy (non-hydrogen) atoms. The molecule has 0 amide bonds. The Morgan fingerprint density at radius 3 is 2.50 bits per heavy atom. The van der Waals surface area contributed by atoms with Crippen LogP contribution in [0, 0.1) is 6.92 Å². The summed E-state index contributed by atoms with van der Waals surface area (Å²) in [7, 11) is 0. The maximum Gasteiger partial charge on any atom is 0.0978 e. The Balaban J connectivity index is 1.92. The number of rotatable bonds is 7. The Morgan fingerprint density at radius 1 is 1.27 bits per heavy atom. The van der Waals surface area contributed by atoms with Gasteiger partial charge in [0.15, 0.2) is 0 Å². The number of anilines is 1. The molecule has 0 fully saturated rings. The van der Waals surface area contributed by atoms with Crippen LogP contribution in [0.4, 0.5) is 5.69 Å².